The first-order chi connectivity index (χ1) is 14.0. The van der Waals surface area contributed by atoms with E-state index < -0.39 is 5.60 Å². The summed E-state index contributed by atoms with van der Waals surface area (Å²) in [6.45, 7) is 5.49. The largest absolute Gasteiger partial charge is 0.368 e. The minimum Gasteiger partial charge on any atom is -0.368 e. The zero-order valence-electron chi connectivity index (χ0n) is 16.7. The molecule has 3 aromatic heterocycles. The second-order valence-corrected chi connectivity index (χ2v) is 8.69. The van der Waals surface area contributed by atoms with Gasteiger partial charge in [-0.05, 0) is 39.5 Å². The van der Waals surface area contributed by atoms with Crippen LogP contribution in [0.25, 0.3) is 22.6 Å². The molecule has 150 valence electrons. The van der Waals surface area contributed by atoms with Gasteiger partial charge in [-0.15, -0.1) is 0 Å². The lowest BCUT2D eigenvalue weighted by molar-refractivity contribution is -0.0530. The van der Waals surface area contributed by atoms with E-state index >= 15 is 0 Å². The number of ether oxygens (including phenoxy) is 1. The van der Waals surface area contributed by atoms with E-state index in [-0.39, 0.29) is 5.95 Å². The highest BCUT2D eigenvalue weighted by atomic mass is 16.5. The summed E-state index contributed by atoms with van der Waals surface area (Å²) in [6, 6.07) is 1.08. The molecule has 9 nitrogen and oxygen atoms in total. The van der Waals surface area contributed by atoms with E-state index in [1.165, 1.54) is 25.7 Å². The lowest BCUT2D eigenvalue weighted by Crippen LogP contribution is -2.33. The van der Waals surface area contributed by atoms with Crippen molar-refractivity contribution in [2.45, 2.75) is 63.8 Å². The number of imidazole rings is 1. The highest BCUT2D eigenvalue weighted by Gasteiger charge is 2.42. The maximum absolute atomic E-state index is 5.99. The van der Waals surface area contributed by atoms with Gasteiger partial charge in [-0.1, -0.05) is 0 Å². The van der Waals surface area contributed by atoms with Gasteiger partial charge < -0.3 is 19.9 Å². The number of hydrogen-bond donors (Lipinski definition) is 1. The Bertz CT molecular complexity index is 1090. The zero-order valence-corrected chi connectivity index (χ0v) is 16.7. The fourth-order valence-electron chi connectivity index (χ4n) is 5.14. The molecule has 2 bridgehead atoms. The van der Waals surface area contributed by atoms with Crippen LogP contribution >= 0.6 is 0 Å². The molecule has 3 aliphatic rings. The first kappa shape index (κ1) is 17.1. The van der Waals surface area contributed by atoms with Gasteiger partial charge >= 0.3 is 0 Å². The molecule has 3 aliphatic heterocycles. The molecule has 0 spiro atoms. The first-order valence-corrected chi connectivity index (χ1v) is 10.3. The van der Waals surface area contributed by atoms with Crippen LogP contribution in [0.2, 0.25) is 0 Å². The van der Waals surface area contributed by atoms with Crippen LogP contribution < -0.4 is 10.6 Å². The van der Waals surface area contributed by atoms with Crippen molar-refractivity contribution < 1.29 is 4.74 Å². The molecule has 2 fully saturated rings. The fourth-order valence-corrected chi connectivity index (χ4v) is 5.14. The van der Waals surface area contributed by atoms with Crippen molar-refractivity contribution in [2.24, 2.45) is 0 Å². The van der Waals surface area contributed by atoms with E-state index in [2.05, 4.69) is 33.3 Å². The SMILES string of the molecule is CC1(C)OCCn2c1nc1c(N3C4CCC3CC4)nc(-c3cnc(N)nc3)nc12. The van der Waals surface area contributed by atoms with Crippen LogP contribution in [0.15, 0.2) is 12.4 Å². The molecule has 2 N–H and O–H groups in total. The van der Waals surface area contributed by atoms with Gasteiger partial charge in [-0.3, -0.25) is 0 Å². The van der Waals surface area contributed by atoms with Crippen LogP contribution in [-0.2, 0) is 16.9 Å². The quantitative estimate of drug-likeness (QED) is 0.707. The van der Waals surface area contributed by atoms with Crippen molar-refractivity contribution in [1.82, 2.24) is 29.5 Å². The third-order valence-electron chi connectivity index (χ3n) is 6.52. The predicted octanol–water partition coefficient (Wildman–Crippen LogP) is 2.26. The van der Waals surface area contributed by atoms with E-state index in [1.807, 2.05) is 0 Å². The Balaban J connectivity index is 1.62. The molecule has 0 saturated carbocycles. The summed E-state index contributed by atoms with van der Waals surface area (Å²) in [6.07, 6.45) is 8.26. The average Bonchev–Trinajstić information content (AvgIpc) is 3.41. The fraction of sp³-hybridized carbons (Fsp3) is 0.550. The van der Waals surface area contributed by atoms with E-state index in [0.29, 0.717) is 24.5 Å². The monoisotopic (exact) mass is 392 g/mol. The summed E-state index contributed by atoms with van der Waals surface area (Å²) in [5.74, 6) is 2.70. The minimum atomic E-state index is -0.454. The predicted molar refractivity (Wildman–Crippen MR) is 108 cm³/mol. The molecule has 6 heterocycles. The van der Waals surface area contributed by atoms with Gasteiger partial charge in [0.2, 0.25) is 5.95 Å². The van der Waals surface area contributed by atoms with Gasteiger partial charge in [0.25, 0.3) is 0 Å². The summed E-state index contributed by atoms with van der Waals surface area (Å²) >= 11 is 0. The van der Waals surface area contributed by atoms with Crippen molar-refractivity contribution in [2.75, 3.05) is 17.2 Å². The topological polar surface area (TPSA) is 108 Å². The molecule has 29 heavy (non-hydrogen) atoms. The maximum Gasteiger partial charge on any atom is 0.219 e. The minimum absolute atomic E-state index is 0.244. The Morgan fingerprint density at radius 1 is 1.03 bits per heavy atom. The smallest absolute Gasteiger partial charge is 0.219 e. The zero-order chi connectivity index (χ0) is 19.8. The Kier molecular flexibility index (Phi) is 3.45. The normalized spacial score (nSPS) is 25.0. The number of nitrogen functional groups attached to an aromatic ring is 1. The molecule has 9 heteroatoms. The summed E-state index contributed by atoms with van der Waals surface area (Å²) in [5, 5.41) is 0. The number of nitrogens with zero attached hydrogens (tertiary/aromatic N) is 7. The van der Waals surface area contributed by atoms with Crippen molar-refractivity contribution >= 4 is 22.9 Å². The van der Waals surface area contributed by atoms with Gasteiger partial charge in [0.15, 0.2) is 22.8 Å². The summed E-state index contributed by atoms with van der Waals surface area (Å²) in [7, 11) is 0. The van der Waals surface area contributed by atoms with E-state index in [0.717, 1.165) is 34.9 Å². The van der Waals surface area contributed by atoms with E-state index in [4.69, 9.17) is 25.4 Å². The number of anilines is 2. The highest BCUT2D eigenvalue weighted by molar-refractivity contribution is 5.87. The lowest BCUT2D eigenvalue weighted by atomic mass is 10.0. The van der Waals surface area contributed by atoms with Crippen LogP contribution in [0.5, 0.6) is 0 Å². The number of rotatable bonds is 2. The van der Waals surface area contributed by atoms with E-state index in [1.54, 1.807) is 12.4 Å². The number of aromatic nitrogens is 6. The molecule has 0 aromatic carbocycles. The number of nitrogens with two attached hydrogens (primary N) is 1. The van der Waals surface area contributed by atoms with Crippen molar-refractivity contribution in [3.8, 4) is 11.4 Å². The molecule has 0 atom stereocenters. The summed E-state index contributed by atoms with van der Waals surface area (Å²) < 4.78 is 8.17. The van der Waals surface area contributed by atoms with Crippen LogP contribution in [0.3, 0.4) is 0 Å². The molecular weight excluding hydrogens is 368 g/mol. The molecule has 6 rings (SSSR count). The van der Waals surface area contributed by atoms with Crippen molar-refractivity contribution in [3.05, 3.63) is 18.2 Å². The van der Waals surface area contributed by atoms with Crippen LogP contribution in [-0.4, -0.2) is 48.2 Å². The van der Waals surface area contributed by atoms with Gasteiger partial charge in [0, 0.05) is 31.0 Å². The van der Waals surface area contributed by atoms with Gasteiger partial charge in [-0.2, -0.15) is 0 Å². The van der Waals surface area contributed by atoms with Crippen molar-refractivity contribution in [3.63, 3.8) is 0 Å². The molecule has 0 aliphatic carbocycles. The molecule has 0 unspecified atom stereocenters. The molecule has 0 amide bonds. The summed E-state index contributed by atoms with van der Waals surface area (Å²) in [5.41, 5.74) is 7.71. The van der Waals surface area contributed by atoms with Gasteiger partial charge in [0.05, 0.1) is 12.2 Å². The Morgan fingerprint density at radius 3 is 2.41 bits per heavy atom. The second-order valence-electron chi connectivity index (χ2n) is 8.69. The average molecular weight is 392 g/mol. The molecular formula is C20H24N8O. The van der Waals surface area contributed by atoms with Crippen molar-refractivity contribution in [1.29, 1.82) is 0 Å². The lowest BCUT2D eigenvalue weighted by Gasteiger charge is -2.30. The molecule has 0 radical (unpaired) electrons. The second kappa shape index (κ2) is 5.85. The Labute approximate surface area is 168 Å². The van der Waals surface area contributed by atoms with Gasteiger partial charge in [0.1, 0.15) is 11.4 Å². The van der Waals surface area contributed by atoms with Crippen LogP contribution in [0.4, 0.5) is 11.8 Å². The number of hydrogen-bond acceptors (Lipinski definition) is 8. The Morgan fingerprint density at radius 2 is 1.72 bits per heavy atom. The Hall–Kier alpha value is -2.81. The number of fused-ring (bicyclic) bond motifs is 5. The van der Waals surface area contributed by atoms with Gasteiger partial charge in [-0.25, -0.2) is 24.9 Å². The maximum atomic E-state index is 5.99. The van der Waals surface area contributed by atoms with Crippen LogP contribution in [0, 0.1) is 0 Å². The van der Waals surface area contributed by atoms with E-state index in [9.17, 15) is 0 Å². The summed E-state index contributed by atoms with van der Waals surface area (Å²) in [4.78, 5) is 25.7. The first-order valence-electron chi connectivity index (χ1n) is 10.3. The highest BCUT2D eigenvalue weighted by Crippen LogP contribution is 2.43. The standard InChI is InChI=1S/C20H24N8O/c1-20(2)18-24-14-16(27(18)7-8-29-20)25-15(11-9-22-19(21)23-10-11)26-17(14)28-12-3-4-13(28)6-5-12/h9-10,12-13H,3-8H2,1-2H3,(H2,21,22,23). The molecule has 2 saturated heterocycles. The third-order valence-corrected chi connectivity index (χ3v) is 6.52. The third kappa shape index (κ3) is 2.46. The van der Waals surface area contributed by atoms with Crippen LogP contribution in [0.1, 0.15) is 45.4 Å². The molecule has 3 aromatic rings.